The Morgan fingerprint density at radius 1 is 1.44 bits per heavy atom. The molecule has 1 aliphatic carbocycles. The van der Waals surface area contributed by atoms with Crippen LogP contribution in [0.25, 0.3) is 0 Å². The number of amides is 1. The van der Waals surface area contributed by atoms with Gasteiger partial charge in [-0.1, -0.05) is 12.1 Å². The molecule has 0 bridgehead atoms. The number of aliphatic carboxylic acids is 1. The van der Waals surface area contributed by atoms with Crippen LogP contribution in [-0.2, 0) is 21.4 Å². The number of rotatable bonds is 3. The van der Waals surface area contributed by atoms with Crippen LogP contribution < -0.4 is 5.32 Å². The van der Waals surface area contributed by atoms with Gasteiger partial charge in [0.1, 0.15) is 0 Å². The first kappa shape index (κ1) is 11.3. The topological polar surface area (TPSA) is 66.4 Å². The lowest BCUT2D eigenvalue weighted by Gasteiger charge is -2.32. The van der Waals surface area contributed by atoms with Crippen molar-refractivity contribution >= 4 is 17.6 Å². The van der Waals surface area contributed by atoms with E-state index in [-0.39, 0.29) is 12.3 Å². The number of hydrogen-bond acceptors (Lipinski definition) is 2. The van der Waals surface area contributed by atoms with Gasteiger partial charge in [-0.25, -0.2) is 0 Å². The summed E-state index contributed by atoms with van der Waals surface area (Å²) in [4.78, 5) is 23.1. The van der Waals surface area contributed by atoms with Gasteiger partial charge in [-0.05, 0) is 42.9 Å². The lowest BCUT2D eigenvalue weighted by atomic mass is 9.68. The highest BCUT2D eigenvalue weighted by molar-refractivity contribution is 6.07. The van der Waals surface area contributed by atoms with Crippen LogP contribution in [0.5, 0.6) is 0 Å². The van der Waals surface area contributed by atoms with E-state index >= 15 is 0 Å². The van der Waals surface area contributed by atoms with Gasteiger partial charge in [0.15, 0.2) is 0 Å². The molecule has 1 aromatic rings. The number of hydrogen-bond donors (Lipinski definition) is 2. The Kier molecular flexibility index (Phi) is 2.40. The fourth-order valence-electron chi connectivity index (χ4n) is 3.34. The minimum absolute atomic E-state index is 0.0223. The largest absolute Gasteiger partial charge is 0.481 e. The fraction of sp³-hybridized carbons (Fsp3) is 0.429. The summed E-state index contributed by atoms with van der Waals surface area (Å²) in [6, 6.07) is 5.91. The van der Waals surface area contributed by atoms with E-state index in [1.54, 1.807) is 0 Å². The number of carboxylic acid groups (broad SMARTS) is 1. The van der Waals surface area contributed by atoms with E-state index in [0.29, 0.717) is 6.42 Å². The van der Waals surface area contributed by atoms with Crippen molar-refractivity contribution < 1.29 is 14.7 Å². The molecule has 0 saturated carbocycles. The van der Waals surface area contributed by atoms with E-state index in [0.717, 1.165) is 30.5 Å². The third-order valence-electron chi connectivity index (χ3n) is 4.13. The monoisotopic (exact) mass is 245 g/mol. The first-order valence-electron chi connectivity index (χ1n) is 6.29. The predicted octanol–water partition coefficient (Wildman–Crippen LogP) is 2.08. The summed E-state index contributed by atoms with van der Waals surface area (Å²) in [6.07, 6.45) is 3.13. The number of carboxylic acids is 1. The van der Waals surface area contributed by atoms with E-state index < -0.39 is 11.4 Å². The zero-order valence-electron chi connectivity index (χ0n) is 10.0. The van der Waals surface area contributed by atoms with Crippen LogP contribution in [0.15, 0.2) is 18.2 Å². The Hall–Kier alpha value is -1.84. The first-order valence-corrected chi connectivity index (χ1v) is 6.29. The smallest absolute Gasteiger partial charge is 0.303 e. The van der Waals surface area contributed by atoms with E-state index in [1.807, 2.05) is 18.2 Å². The van der Waals surface area contributed by atoms with Crippen LogP contribution in [0.3, 0.4) is 0 Å². The fourth-order valence-corrected chi connectivity index (χ4v) is 3.34. The van der Waals surface area contributed by atoms with Gasteiger partial charge in [-0.15, -0.1) is 0 Å². The van der Waals surface area contributed by atoms with Crippen LogP contribution in [-0.4, -0.2) is 17.0 Å². The average Bonchev–Trinajstić information content (AvgIpc) is 2.63. The highest BCUT2D eigenvalue weighted by Crippen LogP contribution is 2.49. The Balaban J connectivity index is 2.08. The molecule has 2 N–H and O–H groups in total. The number of carbonyl (C=O) groups is 2. The van der Waals surface area contributed by atoms with Crippen molar-refractivity contribution in [3.8, 4) is 0 Å². The van der Waals surface area contributed by atoms with Gasteiger partial charge in [0.25, 0.3) is 0 Å². The number of carbonyl (C=O) groups excluding carboxylic acids is 1. The summed E-state index contributed by atoms with van der Waals surface area (Å²) < 4.78 is 0. The Bertz CT molecular complexity index is 538. The minimum atomic E-state index is -0.839. The second kappa shape index (κ2) is 3.83. The third kappa shape index (κ3) is 1.45. The lowest BCUT2D eigenvalue weighted by molar-refractivity contribution is -0.137. The summed E-state index contributed by atoms with van der Waals surface area (Å²) >= 11 is 0. The maximum Gasteiger partial charge on any atom is 0.303 e. The molecule has 94 valence electrons. The molecule has 1 aromatic carbocycles. The second-order valence-electron chi connectivity index (χ2n) is 5.12. The average molecular weight is 245 g/mol. The van der Waals surface area contributed by atoms with E-state index in [4.69, 9.17) is 5.11 Å². The molecule has 0 saturated heterocycles. The molecule has 4 heteroatoms. The van der Waals surface area contributed by atoms with Crippen LogP contribution >= 0.6 is 0 Å². The lowest BCUT2D eigenvalue weighted by Crippen LogP contribution is -2.37. The molecule has 0 unspecified atom stereocenters. The molecule has 4 nitrogen and oxygen atoms in total. The highest BCUT2D eigenvalue weighted by atomic mass is 16.4. The van der Waals surface area contributed by atoms with Crippen molar-refractivity contribution in [3.05, 3.63) is 29.3 Å². The zero-order valence-corrected chi connectivity index (χ0v) is 10.0. The summed E-state index contributed by atoms with van der Waals surface area (Å²) in [5.41, 5.74) is 2.54. The van der Waals surface area contributed by atoms with Gasteiger partial charge in [0, 0.05) is 12.1 Å². The van der Waals surface area contributed by atoms with E-state index in [2.05, 4.69) is 5.32 Å². The van der Waals surface area contributed by atoms with E-state index in [9.17, 15) is 9.59 Å². The second-order valence-corrected chi connectivity index (χ2v) is 5.12. The van der Waals surface area contributed by atoms with Crippen molar-refractivity contribution in [1.29, 1.82) is 0 Å². The van der Waals surface area contributed by atoms with Gasteiger partial charge in [-0.3, -0.25) is 9.59 Å². The normalized spacial score (nSPS) is 24.6. The number of aryl methyl sites for hydroxylation is 1. The quantitative estimate of drug-likeness (QED) is 0.856. The minimum Gasteiger partial charge on any atom is -0.481 e. The molecule has 0 aromatic heterocycles. The van der Waals surface area contributed by atoms with Crippen molar-refractivity contribution in [2.75, 3.05) is 5.32 Å². The molecule has 18 heavy (non-hydrogen) atoms. The molecule has 0 spiro atoms. The molecule has 1 amide bonds. The van der Waals surface area contributed by atoms with Crippen LogP contribution in [0, 0.1) is 0 Å². The first-order chi connectivity index (χ1) is 8.63. The highest BCUT2D eigenvalue weighted by Gasteiger charge is 2.49. The molecule has 2 aliphatic rings. The van der Waals surface area contributed by atoms with Crippen LogP contribution in [0.1, 0.15) is 36.8 Å². The molecule has 0 radical (unpaired) electrons. The summed E-state index contributed by atoms with van der Waals surface area (Å²) in [5, 5.41) is 11.8. The number of nitrogens with one attached hydrogen (secondary N) is 1. The molecule has 1 heterocycles. The van der Waals surface area contributed by atoms with Gasteiger partial charge < -0.3 is 10.4 Å². The van der Waals surface area contributed by atoms with Crippen LogP contribution in [0.2, 0.25) is 0 Å². The Morgan fingerprint density at radius 2 is 2.28 bits per heavy atom. The molecule has 3 rings (SSSR count). The predicted molar refractivity (Wildman–Crippen MR) is 66.6 cm³/mol. The standard InChI is InChI=1S/C14H15NO3/c16-11(17)6-8-14-7-2-4-9-3-1-5-10(12(9)14)15-13(14)18/h1,3,5H,2,4,6-8H2,(H,15,18)(H,16,17)/t14-/m0/s1. The number of anilines is 1. The molecule has 1 atom stereocenters. The summed E-state index contributed by atoms with van der Waals surface area (Å²) in [6.45, 7) is 0. The van der Waals surface area contributed by atoms with Crippen molar-refractivity contribution in [3.63, 3.8) is 0 Å². The van der Waals surface area contributed by atoms with Crippen LogP contribution in [0.4, 0.5) is 5.69 Å². The maximum atomic E-state index is 12.3. The SMILES string of the molecule is O=C(O)CC[C@@]12CCCc3cccc(c31)NC2=O. The molecule has 1 aliphatic heterocycles. The summed E-state index contributed by atoms with van der Waals surface area (Å²) in [5.74, 6) is -0.862. The Morgan fingerprint density at radius 3 is 3.06 bits per heavy atom. The van der Waals surface area contributed by atoms with Gasteiger partial charge in [0.05, 0.1) is 5.41 Å². The number of benzene rings is 1. The van der Waals surface area contributed by atoms with Gasteiger partial charge in [-0.2, -0.15) is 0 Å². The van der Waals surface area contributed by atoms with Gasteiger partial charge >= 0.3 is 5.97 Å². The summed E-state index contributed by atoms with van der Waals surface area (Å²) in [7, 11) is 0. The van der Waals surface area contributed by atoms with E-state index in [1.165, 1.54) is 5.56 Å². The maximum absolute atomic E-state index is 12.3. The van der Waals surface area contributed by atoms with Gasteiger partial charge in [0.2, 0.25) is 5.91 Å². The van der Waals surface area contributed by atoms with Crippen molar-refractivity contribution in [1.82, 2.24) is 0 Å². The Labute approximate surface area is 105 Å². The van der Waals surface area contributed by atoms with Crippen molar-refractivity contribution in [2.45, 2.75) is 37.5 Å². The zero-order chi connectivity index (χ0) is 12.8. The van der Waals surface area contributed by atoms with Crippen molar-refractivity contribution in [2.24, 2.45) is 0 Å². The third-order valence-corrected chi connectivity index (χ3v) is 4.13. The molecular weight excluding hydrogens is 230 g/mol. The molecule has 0 fully saturated rings. The molecular formula is C14H15NO3.